The second kappa shape index (κ2) is 7.72. The average Bonchev–Trinajstić information content (AvgIpc) is 2.91. The number of methoxy groups -OCH3 is 1. The predicted molar refractivity (Wildman–Crippen MR) is 98.8 cm³/mol. The number of benzene rings is 2. The number of hydrogen-bond donors (Lipinski definition) is 1. The zero-order valence-corrected chi connectivity index (χ0v) is 14.9. The van der Waals surface area contributed by atoms with Crippen molar-refractivity contribution >= 4 is 29.1 Å². The van der Waals surface area contributed by atoms with Crippen LogP contribution in [-0.2, 0) is 14.3 Å². The minimum absolute atomic E-state index is 0.0552. The summed E-state index contributed by atoms with van der Waals surface area (Å²) >= 11 is 6.10. The fourth-order valence-electron chi connectivity index (χ4n) is 3.08. The van der Waals surface area contributed by atoms with E-state index < -0.39 is 17.7 Å². The molecule has 6 heteroatoms. The topological polar surface area (TPSA) is 66.8 Å². The van der Waals surface area contributed by atoms with Gasteiger partial charge in [0.15, 0.2) is 0 Å². The lowest BCUT2D eigenvalue weighted by Crippen LogP contribution is -2.32. The van der Waals surface area contributed by atoms with Gasteiger partial charge in [0, 0.05) is 24.2 Å². The summed E-state index contributed by atoms with van der Waals surface area (Å²) in [7, 11) is 1.52. The van der Waals surface area contributed by atoms with Crippen molar-refractivity contribution in [1.29, 1.82) is 0 Å². The molecule has 0 radical (unpaired) electrons. The quantitative estimate of drug-likeness (QED) is 0.497. The van der Waals surface area contributed by atoms with Crippen molar-refractivity contribution in [2.45, 2.75) is 6.04 Å². The van der Waals surface area contributed by atoms with Crippen LogP contribution in [0.3, 0.4) is 0 Å². The van der Waals surface area contributed by atoms with Crippen LogP contribution in [0.4, 0.5) is 0 Å². The number of halogens is 1. The van der Waals surface area contributed by atoms with E-state index >= 15 is 0 Å². The molecule has 1 heterocycles. The lowest BCUT2D eigenvalue weighted by molar-refractivity contribution is -0.140. The van der Waals surface area contributed by atoms with E-state index in [0.29, 0.717) is 16.1 Å². The molecule has 1 saturated heterocycles. The third-order valence-electron chi connectivity index (χ3n) is 4.29. The largest absolute Gasteiger partial charge is 0.507 e. The zero-order valence-electron chi connectivity index (χ0n) is 14.2. The molecule has 1 fully saturated rings. The van der Waals surface area contributed by atoms with Crippen molar-refractivity contribution in [3.63, 3.8) is 0 Å². The number of rotatable bonds is 5. The average molecular weight is 372 g/mol. The molecule has 0 bridgehead atoms. The van der Waals surface area contributed by atoms with Crippen LogP contribution in [-0.4, -0.2) is 42.0 Å². The Bertz CT molecular complexity index is 863. The molecule has 1 aliphatic rings. The van der Waals surface area contributed by atoms with Crippen molar-refractivity contribution in [2.24, 2.45) is 0 Å². The third kappa shape index (κ3) is 3.36. The maximum absolute atomic E-state index is 12.7. The molecule has 0 spiro atoms. The van der Waals surface area contributed by atoms with Gasteiger partial charge in [0.05, 0.1) is 18.2 Å². The SMILES string of the molecule is COCCN1C(=O)C(=O)/C(=C(/O)c2ccccc2)[C@H]1c1cccc(Cl)c1. The maximum atomic E-state index is 12.7. The number of carbonyl (C=O) groups excluding carboxylic acids is 2. The number of nitrogens with zero attached hydrogens (tertiary/aromatic N) is 1. The molecule has 1 N–H and O–H groups in total. The van der Waals surface area contributed by atoms with E-state index in [-0.39, 0.29) is 24.5 Å². The molecule has 0 saturated carbocycles. The molecule has 1 atom stereocenters. The van der Waals surface area contributed by atoms with Gasteiger partial charge in [-0.2, -0.15) is 0 Å². The minimum Gasteiger partial charge on any atom is -0.507 e. The summed E-state index contributed by atoms with van der Waals surface area (Å²) in [6.07, 6.45) is 0. The van der Waals surface area contributed by atoms with E-state index in [2.05, 4.69) is 0 Å². The van der Waals surface area contributed by atoms with Crippen LogP contribution in [0.2, 0.25) is 5.02 Å². The first-order chi connectivity index (χ1) is 12.5. The Labute approximate surface area is 156 Å². The second-order valence-electron chi connectivity index (χ2n) is 5.91. The van der Waals surface area contributed by atoms with Gasteiger partial charge < -0.3 is 14.7 Å². The zero-order chi connectivity index (χ0) is 18.7. The minimum atomic E-state index is -0.718. The lowest BCUT2D eigenvalue weighted by Gasteiger charge is -2.25. The van der Waals surface area contributed by atoms with Crippen molar-refractivity contribution in [3.05, 3.63) is 76.3 Å². The number of Topliss-reactive ketones (excluding diaryl/α,β-unsaturated/α-hetero) is 1. The van der Waals surface area contributed by atoms with Crippen molar-refractivity contribution in [2.75, 3.05) is 20.3 Å². The van der Waals surface area contributed by atoms with Crippen molar-refractivity contribution < 1.29 is 19.4 Å². The van der Waals surface area contributed by atoms with Gasteiger partial charge in [-0.05, 0) is 17.7 Å². The molecule has 26 heavy (non-hydrogen) atoms. The number of amides is 1. The molecule has 2 aromatic rings. The van der Waals surface area contributed by atoms with Gasteiger partial charge in [-0.3, -0.25) is 9.59 Å². The highest BCUT2D eigenvalue weighted by molar-refractivity contribution is 6.46. The number of ketones is 1. The van der Waals surface area contributed by atoms with Gasteiger partial charge >= 0.3 is 0 Å². The Morgan fingerprint density at radius 1 is 1.15 bits per heavy atom. The number of ether oxygens (including phenoxy) is 1. The first kappa shape index (κ1) is 18.2. The molecule has 3 rings (SSSR count). The van der Waals surface area contributed by atoms with E-state index in [9.17, 15) is 14.7 Å². The van der Waals surface area contributed by atoms with Gasteiger partial charge in [-0.1, -0.05) is 54.1 Å². The maximum Gasteiger partial charge on any atom is 0.295 e. The van der Waals surface area contributed by atoms with Crippen LogP contribution in [0, 0.1) is 0 Å². The summed E-state index contributed by atoms with van der Waals surface area (Å²) in [6, 6.07) is 14.9. The summed E-state index contributed by atoms with van der Waals surface area (Å²) in [6.45, 7) is 0.499. The van der Waals surface area contributed by atoms with E-state index in [0.717, 1.165) is 0 Å². The molecule has 1 amide bonds. The molecule has 5 nitrogen and oxygen atoms in total. The van der Waals surface area contributed by atoms with Gasteiger partial charge in [0.2, 0.25) is 0 Å². The van der Waals surface area contributed by atoms with Crippen LogP contribution in [0.25, 0.3) is 5.76 Å². The lowest BCUT2D eigenvalue weighted by atomic mass is 9.95. The third-order valence-corrected chi connectivity index (χ3v) is 4.52. The van der Waals surface area contributed by atoms with Crippen molar-refractivity contribution in [1.82, 2.24) is 4.90 Å². The predicted octanol–water partition coefficient (Wildman–Crippen LogP) is 3.41. The summed E-state index contributed by atoms with van der Waals surface area (Å²) in [5.41, 5.74) is 1.19. The molecular formula is C20H18ClNO4. The molecule has 0 aliphatic carbocycles. The number of carbonyl (C=O) groups is 2. The standard InChI is InChI=1S/C20H18ClNO4/c1-26-11-10-22-17(14-8-5-9-15(21)12-14)16(19(24)20(22)25)18(23)13-6-3-2-4-7-13/h2-9,12,17,23H,10-11H2,1H3/b18-16+/t17-/m1/s1. The van der Waals surface area contributed by atoms with Gasteiger partial charge in [0.25, 0.3) is 11.7 Å². The van der Waals surface area contributed by atoms with Crippen LogP contribution in [0.15, 0.2) is 60.2 Å². The van der Waals surface area contributed by atoms with Gasteiger partial charge in [-0.25, -0.2) is 0 Å². The Kier molecular flexibility index (Phi) is 5.40. The van der Waals surface area contributed by atoms with Crippen LogP contribution in [0.5, 0.6) is 0 Å². The Morgan fingerprint density at radius 2 is 1.88 bits per heavy atom. The Balaban J connectivity index is 2.16. The highest BCUT2D eigenvalue weighted by atomic mass is 35.5. The van der Waals surface area contributed by atoms with Gasteiger partial charge in [-0.15, -0.1) is 0 Å². The van der Waals surface area contributed by atoms with Crippen LogP contribution < -0.4 is 0 Å². The Hall–Kier alpha value is -2.63. The van der Waals surface area contributed by atoms with E-state index in [1.807, 2.05) is 6.07 Å². The summed E-state index contributed by atoms with van der Waals surface area (Å²) in [4.78, 5) is 26.7. The van der Waals surface area contributed by atoms with E-state index in [1.54, 1.807) is 48.5 Å². The Morgan fingerprint density at radius 3 is 2.54 bits per heavy atom. The highest BCUT2D eigenvalue weighted by Crippen LogP contribution is 2.39. The van der Waals surface area contributed by atoms with E-state index in [1.165, 1.54) is 12.0 Å². The van der Waals surface area contributed by atoms with Crippen LogP contribution in [0.1, 0.15) is 17.2 Å². The number of hydrogen-bond acceptors (Lipinski definition) is 4. The molecule has 134 valence electrons. The smallest absolute Gasteiger partial charge is 0.295 e. The fourth-order valence-corrected chi connectivity index (χ4v) is 3.27. The molecule has 0 unspecified atom stereocenters. The second-order valence-corrected chi connectivity index (χ2v) is 6.34. The number of likely N-dealkylation sites (tertiary alicyclic amines) is 1. The molecule has 2 aromatic carbocycles. The number of aliphatic hydroxyl groups excluding tert-OH is 1. The normalized spacial score (nSPS) is 19.2. The first-order valence-corrected chi connectivity index (χ1v) is 8.50. The molecule has 0 aromatic heterocycles. The number of aliphatic hydroxyl groups is 1. The fraction of sp³-hybridized carbons (Fsp3) is 0.200. The highest BCUT2D eigenvalue weighted by Gasteiger charge is 2.45. The molecular weight excluding hydrogens is 354 g/mol. The molecule has 1 aliphatic heterocycles. The first-order valence-electron chi connectivity index (χ1n) is 8.13. The van der Waals surface area contributed by atoms with E-state index in [4.69, 9.17) is 16.3 Å². The van der Waals surface area contributed by atoms with Gasteiger partial charge in [0.1, 0.15) is 5.76 Å². The monoisotopic (exact) mass is 371 g/mol. The van der Waals surface area contributed by atoms with Crippen molar-refractivity contribution in [3.8, 4) is 0 Å². The summed E-state index contributed by atoms with van der Waals surface area (Å²) < 4.78 is 5.07. The summed E-state index contributed by atoms with van der Waals surface area (Å²) in [5, 5.41) is 11.3. The summed E-state index contributed by atoms with van der Waals surface area (Å²) in [5.74, 6) is -1.58. The van der Waals surface area contributed by atoms with Crippen LogP contribution >= 0.6 is 11.6 Å².